The topological polar surface area (TPSA) is 82.6 Å². The summed E-state index contributed by atoms with van der Waals surface area (Å²) in [6.45, 7) is 6.55. The van der Waals surface area contributed by atoms with Crippen molar-refractivity contribution in [2.24, 2.45) is 0 Å². The van der Waals surface area contributed by atoms with E-state index >= 15 is 0 Å². The van der Waals surface area contributed by atoms with Crippen LogP contribution in [0.2, 0.25) is 0 Å². The van der Waals surface area contributed by atoms with Gasteiger partial charge in [0.05, 0.1) is 25.5 Å². The lowest BCUT2D eigenvalue weighted by Crippen LogP contribution is -2.33. The van der Waals surface area contributed by atoms with Crippen molar-refractivity contribution in [3.05, 3.63) is 125 Å². The highest BCUT2D eigenvalue weighted by Gasteiger charge is 2.21. The van der Waals surface area contributed by atoms with Gasteiger partial charge in [0, 0.05) is 43.2 Å². The molecule has 0 saturated heterocycles. The number of amides is 1. The van der Waals surface area contributed by atoms with Crippen LogP contribution in [0.25, 0.3) is 11.1 Å². The van der Waals surface area contributed by atoms with Gasteiger partial charge in [0.1, 0.15) is 18.1 Å². The Balaban J connectivity index is 1.23. The third kappa shape index (κ3) is 6.44. The lowest BCUT2D eigenvalue weighted by atomic mass is 9.98. The summed E-state index contributed by atoms with van der Waals surface area (Å²) in [7, 11) is 0. The first-order chi connectivity index (χ1) is 20.5. The van der Waals surface area contributed by atoms with Gasteiger partial charge < -0.3 is 18.8 Å². The average molecular weight is 563 g/mol. The maximum absolute atomic E-state index is 13.6. The molecule has 0 spiro atoms. The van der Waals surface area contributed by atoms with Crippen molar-refractivity contribution in [1.29, 1.82) is 0 Å². The minimum absolute atomic E-state index is 0.168. The van der Waals surface area contributed by atoms with E-state index in [2.05, 4.69) is 46.5 Å². The minimum Gasteiger partial charge on any atom is -0.491 e. The summed E-state index contributed by atoms with van der Waals surface area (Å²) in [5, 5.41) is 4.50. The van der Waals surface area contributed by atoms with Gasteiger partial charge >= 0.3 is 0 Å². The standard InChI is InChI=1S/C34H34N4O4/c1-24-17-25(2)38(36-24)23-31-9-11-33(42-31)34(39)37-13-14-40-15-16-41-32-10-8-28(29-7-4-12-35-21-29)20-30(32)19-26-5-3-6-27(18-26)22-37/h3-12,17-18,20-21H,13-16,19,22-23H2,1-2H3. The number of nitrogens with zero attached hydrogens (tertiary/aromatic N) is 4. The van der Waals surface area contributed by atoms with Gasteiger partial charge in [-0.25, -0.2) is 0 Å². The summed E-state index contributed by atoms with van der Waals surface area (Å²) in [5.74, 6) is 1.67. The molecule has 0 unspecified atom stereocenters. The molecule has 0 radical (unpaired) electrons. The molecule has 6 rings (SSSR count). The van der Waals surface area contributed by atoms with Crippen LogP contribution in [0.3, 0.4) is 0 Å². The first-order valence-electron chi connectivity index (χ1n) is 14.2. The number of hydrogen-bond donors (Lipinski definition) is 0. The number of pyridine rings is 1. The molecule has 0 N–H and O–H groups in total. The summed E-state index contributed by atoms with van der Waals surface area (Å²) >= 11 is 0. The predicted octanol–water partition coefficient (Wildman–Crippen LogP) is 5.85. The Bertz CT molecular complexity index is 1670. The molecule has 8 nitrogen and oxygen atoms in total. The molecule has 2 bridgehead atoms. The van der Waals surface area contributed by atoms with E-state index in [4.69, 9.17) is 13.9 Å². The van der Waals surface area contributed by atoms with E-state index in [9.17, 15) is 4.79 Å². The molecular weight excluding hydrogens is 528 g/mol. The lowest BCUT2D eigenvalue weighted by molar-refractivity contribution is 0.0546. The molecule has 0 atom stereocenters. The number of carbonyl (C=O) groups excluding carboxylic acids is 1. The second-order valence-corrected chi connectivity index (χ2v) is 10.6. The summed E-state index contributed by atoms with van der Waals surface area (Å²) in [5.41, 5.74) is 7.41. The quantitative estimate of drug-likeness (QED) is 0.274. The summed E-state index contributed by atoms with van der Waals surface area (Å²) < 4.78 is 19.9. The first kappa shape index (κ1) is 27.5. The summed E-state index contributed by atoms with van der Waals surface area (Å²) in [4.78, 5) is 19.7. The van der Waals surface area contributed by atoms with Crippen molar-refractivity contribution < 1.29 is 18.7 Å². The number of fused-ring (bicyclic) bond motifs is 3. The Morgan fingerprint density at radius 1 is 0.905 bits per heavy atom. The van der Waals surface area contributed by atoms with Crippen molar-refractivity contribution in [2.75, 3.05) is 26.4 Å². The fourth-order valence-corrected chi connectivity index (χ4v) is 5.31. The number of ether oxygens (including phenoxy) is 2. The predicted molar refractivity (Wildman–Crippen MR) is 159 cm³/mol. The summed E-state index contributed by atoms with van der Waals surface area (Å²) in [6.07, 6.45) is 4.34. The van der Waals surface area contributed by atoms with E-state index in [0.717, 1.165) is 45.0 Å². The number of furan rings is 1. The molecule has 2 aromatic carbocycles. The van der Waals surface area contributed by atoms with E-state index in [1.165, 1.54) is 0 Å². The van der Waals surface area contributed by atoms with Gasteiger partial charge in [-0.15, -0.1) is 0 Å². The zero-order valence-electron chi connectivity index (χ0n) is 24.0. The largest absolute Gasteiger partial charge is 0.491 e. The number of benzene rings is 2. The number of aryl methyl sites for hydroxylation is 2. The molecule has 0 saturated carbocycles. The van der Waals surface area contributed by atoms with Crippen molar-refractivity contribution in [2.45, 2.75) is 33.4 Å². The number of carbonyl (C=O) groups is 1. The van der Waals surface area contributed by atoms with Crippen LogP contribution in [0.1, 0.15) is 44.4 Å². The maximum Gasteiger partial charge on any atom is 0.289 e. The van der Waals surface area contributed by atoms with Crippen molar-refractivity contribution >= 4 is 5.91 Å². The minimum atomic E-state index is -0.168. The first-order valence-corrected chi connectivity index (χ1v) is 14.2. The Morgan fingerprint density at radius 2 is 1.81 bits per heavy atom. The van der Waals surface area contributed by atoms with E-state index in [1.807, 2.05) is 55.1 Å². The molecule has 1 amide bonds. The average Bonchev–Trinajstić information content (AvgIpc) is 3.59. The van der Waals surface area contributed by atoms with E-state index in [0.29, 0.717) is 57.4 Å². The number of hydrogen-bond acceptors (Lipinski definition) is 6. The Morgan fingerprint density at radius 3 is 2.64 bits per heavy atom. The van der Waals surface area contributed by atoms with Crippen molar-refractivity contribution in [3.63, 3.8) is 0 Å². The van der Waals surface area contributed by atoms with Gasteiger partial charge in [-0.3, -0.25) is 14.5 Å². The zero-order chi connectivity index (χ0) is 28.9. The van der Waals surface area contributed by atoms with E-state index in [1.54, 1.807) is 17.2 Å². The second-order valence-electron chi connectivity index (χ2n) is 10.6. The molecule has 4 heterocycles. The Labute approximate surface area is 245 Å². The molecule has 214 valence electrons. The van der Waals surface area contributed by atoms with Gasteiger partial charge in [0.2, 0.25) is 0 Å². The molecule has 1 aliphatic rings. The van der Waals surface area contributed by atoms with E-state index < -0.39 is 0 Å². The van der Waals surface area contributed by atoms with E-state index in [-0.39, 0.29) is 5.91 Å². The van der Waals surface area contributed by atoms with Crippen LogP contribution in [0.5, 0.6) is 5.75 Å². The molecule has 42 heavy (non-hydrogen) atoms. The lowest BCUT2D eigenvalue weighted by Gasteiger charge is -2.23. The molecule has 3 aromatic heterocycles. The fourth-order valence-electron chi connectivity index (χ4n) is 5.31. The SMILES string of the molecule is Cc1cc(C)n(Cc2ccc(C(=O)N3CCOCCOc4ccc(-c5cccnc5)cc4Cc4cccc(c4)C3)o2)n1. The second kappa shape index (κ2) is 12.4. The smallest absolute Gasteiger partial charge is 0.289 e. The highest BCUT2D eigenvalue weighted by atomic mass is 16.5. The molecule has 8 heteroatoms. The van der Waals surface area contributed by atoms with Crippen LogP contribution in [-0.2, 0) is 24.2 Å². The van der Waals surface area contributed by atoms with Crippen molar-refractivity contribution in [3.8, 4) is 16.9 Å². The monoisotopic (exact) mass is 562 g/mol. The Kier molecular flexibility index (Phi) is 8.14. The molecule has 0 aliphatic carbocycles. The van der Waals surface area contributed by atoms with Gasteiger partial charge in [0.25, 0.3) is 5.91 Å². The molecule has 5 aromatic rings. The molecular formula is C34H34N4O4. The van der Waals surface area contributed by atoms with Gasteiger partial charge in [-0.1, -0.05) is 36.4 Å². The van der Waals surface area contributed by atoms with Crippen molar-refractivity contribution in [1.82, 2.24) is 19.7 Å². The zero-order valence-corrected chi connectivity index (χ0v) is 24.0. The normalized spacial score (nSPS) is 14.1. The van der Waals surface area contributed by atoms with Gasteiger partial charge in [-0.2, -0.15) is 5.10 Å². The maximum atomic E-state index is 13.6. The highest BCUT2D eigenvalue weighted by Crippen LogP contribution is 2.29. The van der Waals surface area contributed by atoms with Crippen LogP contribution in [0.15, 0.2) is 89.6 Å². The Hall–Kier alpha value is -4.69. The van der Waals surface area contributed by atoms with Gasteiger partial charge in [0.15, 0.2) is 5.76 Å². The van der Waals surface area contributed by atoms with Crippen LogP contribution < -0.4 is 4.74 Å². The van der Waals surface area contributed by atoms with Crippen LogP contribution in [-0.4, -0.2) is 51.9 Å². The fraction of sp³-hybridized carbons (Fsp3) is 0.265. The number of aromatic nitrogens is 3. The third-order valence-electron chi connectivity index (χ3n) is 7.37. The van der Waals surface area contributed by atoms with Crippen LogP contribution in [0.4, 0.5) is 0 Å². The van der Waals surface area contributed by atoms with Crippen LogP contribution in [0, 0.1) is 13.8 Å². The summed E-state index contributed by atoms with van der Waals surface area (Å²) in [6, 6.07) is 24.2. The highest BCUT2D eigenvalue weighted by molar-refractivity contribution is 5.91. The van der Waals surface area contributed by atoms with Gasteiger partial charge in [-0.05, 0) is 72.5 Å². The number of rotatable bonds is 4. The van der Waals surface area contributed by atoms with Crippen LogP contribution >= 0.6 is 0 Å². The molecule has 0 fully saturated rings. The molecule has 1 aliphatic heterocycles. The third-order valence-corrected chi connectivity index (χ3v) is 7.37.